The number of H-pyrrole nitrogens is 1. The van der Waals surface area contributed by atoms with Gasteiger partial charge in [-0.05, 0) is 25.4 Å². The van der Waals surface area contributed by atoms with Gasteiger partial charge in [-0.3, -0.25) is 14.3 Å². The Bertz CT molecular complexity index is 805. The molecule has 2 saturated heterocycles. The van der Waals surface area contributed by atoms with E-state index in [0.717, 1.165) is 0 Å². The van der Waals surface area contributed by atoms with Crippen LogP contribution in [-0.2, 0) is 19.9 Å². The summed E-state index contributed by atoms with van der Waals surface area (Å²) in [7, 11) is 0. The van der Waals surface area contributed by atoms with Crippen LogP contribution in [-0.4, -0.2) is 44.6 Å². The second-order valence-corrected chi connectivity index (χ2v) is 6.42. The Morgan fingerprint density at radius 2 is 2.32 bits per heavy atom. The molecule has 8 nitrogen and oxygen atoms in total. The first-order valence-corrected chi connectivity index (χ1v) is 7.32. The van der Waals surface area contributed by atoms with Gasteiger partial charge in [0.05, 0.1) is 19.0 Å². The fraction of sp³-hybridized carbons (Fsp3) is 0.615. The van der Waals surface area contributed by atoms with Crippen LogP contribution in [0.2, 0.25) is 5.28 Å². The fourth-order valence-corrected chi connectivity index (χ4v) is 3.44. The molecule has 4 rings (SSSR count). The lowest BCUT2D eigenvalue weighted by molar-refractivity contribution is -0.238. The zero-order valence-corrected chi connectivity index (χ0v) is 12.9. The van der Waals surface area contributed by atoms with E-state index in [0.29, 0.717) is 18.7 Å². The lowest BCUT2D eigenvalue weighted by Crippen LogP contribution is -2.47. The molecule has 0 radical (unpaired) electrons. The Balaban J connectivity index is 1.84. The van der Waals surface area contributed by atoms with Gasteiger partial charge in [0.25, 0.3) is 5.56 Å². The Labute approximate surface area is 130 Å². The Hall–Kier alpha value is -1.48. The van der Waals surface area contributed by atoms with Crippen LogP contribution in [0.5, 0.6) is 0 Å². The van der Waals surface area contributed by atoms with Crippen molar-refractivity contribution >= 4 is 22.8 Å². The molecule has 2 fully saturated rings. The molecule has 0 aromatic carbocycles. The van der Waals surface area contributed by atoms with Gasteiger partial charge >= 0.3 is 0 Å². The minimum atomic E-state index is -0.744. The number of aromatic amines is 1. The zero-order valence-electron chi connectivity index (χ0n) is 12.1. The summed E-state index contributed by atoms with van der Waals surface area (Å²) in [4.78, 5) is 22.6. The van der Waals surface area contributed by atoms with Gasteiger partial charge in [-0.2, -0.15) is 4.98 Å². The molecule has 22 heavy (non-hydrogen) atoms. The van der Waals surface area contributed by atoms with Crippen LogP contribution in [0.4, 0.5) is 0 Å². The number of hydrogen-bond acceptors (Lipinski definition) is 6. The molecule has 2 aliphatic heterocycles. The van der Waals surface area contributed by atoms with Crippen molar-refractivity contribution in [2.75, 3.05) is 13.4 Å². The molecular weight excluding hydrogens is 312 g/mol. The summed E-state index contributed by atoms with van der Waals surface area (Å²) in [6, 6.07) is 0. The SMILES string of the molecule is CC12COCOC1CC(C)(n1cnc3c(=O)[nH]c(Cl)nc31)O2. The molecule has 4 heterocycles. The van der Waals surface area contributed by atoms with E-state index >= 15 is 0 Å². The lowest BCUT2D eigenvalue weighted by atomic mass is 9.97. The second-order valence-electron chi connectivity index (χ2n) is 6.06. The number of hydrogen-bond donors (Lipinski definition) is 1. The van der Waals surface area contributed by atoms with Crippen molar-refractivity contribution in [1.82, 2.24) is 19.5 Å². The van der Waals surface area contributed by atoms with Crippen LogP contribution < -0.4 is 5.56 Å². The topological polar surface area (TPSA) is 91.3 Å². The maximum atomic E-state index is 11.9. The quantitative estimate of drug-likeness (QED) is 0.786. The number of nitrogens with zero attached hydrogens (tertiary/aromatic N) is 3. The van der Waals surface area contributed by atoms with Crippen molar-refractivity contribution in [3.8, 4) is 0 Å². The van der Waals surface area contributed by atoms with Gasteiger partial charge in [0, 0.05) is 6.42 Å². The average Bonchev–Trinajstić information content (AvgIpc) is 2.96. The van der Waals surface area contributed by atoms with Crippen LogP contribution in [0.1, 0.15) is 20.3 Å². The summed E-state index contributed by atoms with van der Waals surface area (Å²) in [5.41, 5.74) is -1.05. The summed E-state index contributed by atoms with van der Waals surface area (Å²) in [6.07, 6.45) is 2.05. The summed E-state index contributed by atoms with van der Waals surface area (Å²) >= 11 is 5.86. The maximum Gasteiger partial charge on any atom is 0.280 e. The van der Waals surface area contributed by atoms with Gasteiger partial charge in [0.1, 0.15) is 18.1 Å². The number of halogens is 1. The highest BCUT2D eigenvalue weighted by atomic mass is 35.5. The molecular formula is C13H15ClN4O4. The highest BCUT2D eigenvalue weighted by Crippen LogP contribution is 2.45. The molecule has 0 amide bonds. The van der Waals surface area contributed by atoms with Crippen molar-refractivity contribution in [2.24, 2.45) is 0 Å². The third-order valence-electron chi connectivity index (χ3n) is 4.33. The molecule has 3 atom stereocenters. The lowest BCUT2D eigenvalue weighted by Gasteiger charge is -2.35. The van der Waals surface area contributed by atoms with E-state index in [1.54, 1.807) is 10.9 Å². The smallest absolute Gasteiger partial charge is 0.280 e. The van der Waals surface area contributed by atoms with Gasteiger partial charge < -0.3 is 14.2 Å². The van der Waals surface area contributed by atoms with Crippen molar-refractivity contribution in [1.29, 1.82) is 0 Å². The molecule has 0 spiro atoms. The monoisotopic (exact) mass is 326 g/mol. The van der Waals surface area contributed by atoms with Crippen molar-refractivity contribution < 1.29 is 14.2 Å². The van der Waals surface area contributed by atoms with Crippen molar-refractivity contribution in [3.05, 3.63) is 22.0 Å². The van der Waals surface area contributed by atoms with E-state index in [2.05, 4.69) is 15.0 Å². The van der Waals surface area contributed by atoms with Crippen molar-refractivity contribution in [2.45, 2.75) is 37.7 Å². The summed E-state index contributed by atoms with van der Waals surface area (Å²) in [6.45, 7) is 4.58. The molecule has 2 aliphatic rings. The van der Waals surface area contributed by atoms with E-state index in [1.165, 1.54) is 0 Å². The Morgan fingerprint density at radius 1 is 1.50 bits per heavy atom. The molecule has 0 aliphatic carbocycles. The molecule has 3 unspecified atom stereocenters. The number of aromatic nitrogens is 4. The Morgan fingerprint density at radius 3 is 3.09 bits per heavy atom. The van der Waals surface area contributed by atoms with Crippen LogP contribution in [0, 0.1) is 0 Å². The average molecular weight is 327 g/mol. The van der Waals surface area contributed by atoms with Gasteiger partial charge in [-0.25, -0.2) is 4.98 Å². The molecule has 0 bridgehead atoms. The number of ether oxygens (including phenoxy) is 3. The largest absolute Gasteiger partial charge is 0.352 e. The standard InChI is InChI=1S/C13H15ClN4O4/c1-12-4-20-6-21-7(12)3-13(2,22-12)18-5-15-8-9(18)16-11(14)17-10(8)19/h5,7H,3-4,6H2,1-2H3,(H,16,17,19). The van der Waals surface area contributed by atoms with Crippen LogP contribution in [0.25, 0.3) is 11.2 Å². The predicted molar refractivity (Wildman–Crippen MR) is 76.6 cm³/mol. The van der Waals surface area contributed by atoms with Crippen molar-refractivity contribution in [3.63, 3.8) is 0 Å². The molecule has 2 aromatic heterocycles. The Kier molecular flexibility index (Phi) is 2.90. The van der Waals surface area contributed by atoms with Gasteiger partial charge in [-0.15, -0.1) is 0 Å². The number of nitrogens with one attached hydrogen (secondary N) is 1. The van der Waals surface area contributed by atoms with Gasteiger partial charge in [0.2, 0.25) is 5.28 Å². The van der Waals surface area contributed by atoms with Crippen LogP contribution >= 0.6 is 11.6 Å². The molecule has 0 saturated carbocycles. The minimum absolute atomic E-state index is 0.0176. The normalized spacial score (nSPS) is 35.0. The van der Waals surface area contributed by atoms with Gasteiger partial charge in [-0.1, -0.05) is 0 Å². The predicted octanol–water partition coefficient (Wildman–Crippen LogP) is 0.998. The van der Waals surface area contributed by atoms with E-state index < -0.39 is 11.3 Å². The van der Waals surface area contributed by atoms with E-state index in [9.17, 15) is 4.79 Å². The molecule has 1 N–H and O–H groups in total. The van der Waals surface area contributed by atoms with Crippen LogP contribution in [0.3, 0.4) is 0 Å². The molecule has 2 aromatic rings. The summed E-state index contributed by atoms with van der Waals surface area (Å²) in [5.74, 6) is 0. The fourth-order valence-electron chi connectivity index (χ4n) is 3.28. The van der Waals surface area contributed by atoms with Crippen LogP contribution in [0.15, 0.2) is 11.1 Å². The highest BCUT2D eigenvalue weighted by molar-refractivity contribution is 6.28. The third kappa shape index (κ3) is 1.91. The number of rotatable bonds is 1. The summed E-state index contributed by atoms with van der Waals surface area (Å²) < 4.78 is 19.0. The van der Waals surface area contributed by atoms with Gasteiger partial charge in [0.15, 0.2) is 11.2 Å². The first kappa shape index (κ1) is 14.1. The van der Waals surface area contributed by atoms with E-state index in [-0.39, 0.29) is 29.3 Å². The minimum Gasteiger partial charge on any atom is -0.352 e. The number of fused-ring (bicyclic) bond motifs is 2. The third-order valence-corrected chi connectivity index (χ3v) is 4.51. The van der Waals surface area contributed by atoms with E-state index in [1.807, 2.05) is 13.8 Å². The highest BCUT2D eigenvalue weighted by Gasteiger charge is 2.55. The summed E-state index contributed by atoms with van der Waals surface area (Å²) in [5, 5.41) is 0.0176. The first-order valence-electron chi connectivity index (χ1n) is 6.94. The second kappa shape index (κ2) is 4.51. The molecule has 118 valence electrons. The number of imidazole rings is 1. The van der Waals surface area contributed by atoms with E-state index in [4.69, 9.17) is 25.8 Å². The first-order chi connectivity index (χ1) is 10.4. The maximum absolute atomic E-state index is 11.9. The molecule has 9 heteroatoms. The zero-order chi connectivity index (χ0) is 15.5.